The largest absolute Gasteiger partial charge is 0.476 e. The molecule has 0 aliphatic carbocycles. The average molecular weight is 256 g/mol. The Kier molecular flexibility index (Phi) is 4.32. The van der Waals surface area contributed by atoms with Gasteiger partial charge in [0.15, 0.2) is 5.69 Å². The first kappa shape index (κ1) is 13.6. The molecule has 1 aromatic rings. The standard InChI is InChI=1S/C8H12N6O4/c1-10-8(18)11-5(15)3-14-4(2-9)6(7(16)17)12-13-14/h2-3,9H2,1H3,(H,16,17)(H2,10,11,15,18). The maximum absolute atomic E-state index is 11.4. The van der Waals surface area contributed by atoms with E-state index in [4.69, 9.17) is 10.8 Å². The number of nitrogens with one attached hydrogen (secondary N) is 2. The number of carbonyl (C=O) groups excluding carboxylic acids is 2. The predicted molar refractivity (Wildman–Crippen MR) is 57.5 cm³/mol. The van der Waals surface area contributed by atoms with Gasteiger partial charge in [0.2, 0.25) is 5.91 Å². The quantitative estimate of drug-likeness (QED) is 0.481. The number of carboxylic acid groups (broad SMARTS) is 1. The number of rotatable bonds is 4. The van der Waals surface area contributed by atoms with Crippen molar-refractivity contribution in [1.29, 1.82) is 0 Å². The van der Waals surface area contributed by atoms with Crippen LogP contribution in [0.5, 0.6) is 0 Å². The third kappa shape index (κ3) is 3.01. The molecule has 1 aromatic heterocycles. The molecule has 0 aliphatic rings. The molecule has 5 N–H and O–H groups in total. The summed E-state index contributed by atoms with van der Waals surface area (Å²) in [5.41, 5.74) is 5.15. The summed E-state index contributed by atoms with van der Waals surface area (Å²) in [5, 5.41) is 19.9. The molecule has 0 radical (unpaired) electrons. The summed E-state index contributed by atoms with van der Waals surface area (Å²) >= 11 is 0. The van der Waals surface area contributed by atoms with Crippen LogP contribution in [0.15, 0.2) is 0 Å². The number of hydrogen-bond acceptors (Lipinski definition) is 6. The van der Waals surface area contributed by atoms with Crippen molar-refractivity contribution in [2.24, 2.45) is 5.73 Å². The molecule has 1 rings (SSSR count). The molecule has 0 fully saturated rings. The number of carbonyl (C=O) groups is 3. The highest BCUT2D eigenvalue weighted by Gasteiger charge is 2.19. The van der Waals surface area contributed by atoms with Crippen LogP contribution >= 0.6 is 0 Å². The summed E-state index contributed by atoms with van der Waals surface area (Å²) in [4.78, 5) is 33.0. The predicted octanol–water partition coefficient (Wildman–Crippen LogP) is -2.11. The Labute approximate surface area is 101 Å². The van der Waals surface area contributed by atoms with Gasteiger partial charge in [-0.25, -0.2) is 14.3 Å². The second kappa shape index (κ2) is 5.72. The summed E-state index contributed by atoms with van der Waals surface area (Å²) in [7, 11) is 1.35. The molecule has 10 nitrogen and oxygen atoms in total. The first-order valence-corrected chi connectivity index (χ1v) is 4.86. The van der Waals surface area contributed by atoms with Crippen molar-refractivity contribution in [2.45, 2.75) is 13.1 Å². The Hall–Kier alpha value is -2.49. The highest BCUT2D eigenvalue weighted by atomic mass is 16.4. The van der Waals surface area contributed by atoms with Gasteiger partial charge in [-0.3, -0.25) is 10.1 Å². The van der Waals surface area contributed by atoms with E-state index in [1.54, 1.807) is 0 Å². The van der Waals surface area contributed by atoms with Gasteiger partial charge in [-0.05, 0) is 0 Å². The number of imide groups is 1. The van der Waals surface area contributed by atoms with Gasteiger partial charge in [0.05, 0.1) is 5.69 Å². The summed E-state index contributed by atoms with van der Waals surface area (Å²) in [6.07, 6.45) is 0. The Morgan fingerprint density at radius 2 is 2.11 bits per heavy atom. The number of amides is 3. The molecule has 1 heterocycles. The smallest absolute Gasteiger partial charge is 0.358 e. The second-order valence-electron chi connectivity index (χ2n) is 3.18. The van der Waals surface area contributed by atoms with Crippen LogP contribution in [0, 0.1) is 0 Å². The Morgan fingerprint density at radius 1 is 1.44 bits per heavy atom. The number of nitrogens with two attached hydrogens (primary N) is 1. The minimum Gasteiger partial charge on any atom is -0.476 e. The highest BCUT2D eigenvalue weighted by molar-refractivity contribution is 5.94. The van der Waals surface area contributed by atoms with Crippen LogP contribution < -0.4 is 16.4 Å². The van der Waals surface area contributed by atoms with E-state index < -0.39 is 17.9 Å². The Balaban J connectivity index is 2.82. The van der Waals surface area contributed by atoms with Crippen molar-refractivity contribution in [3.8, 4) is 0 Å². The molecule has 0 spiro atoms. The monoisotopic (exact) mass is 256 g/mol. The molecule has 0 atom stereocenters. The van der Waals surface area contributed by atoms with Crippen molar-refractivity contribution in [1.82, 2.24) is 25.6 Å². The molecule has 0 saturated heterocycles. The zero-order valence-electron chi connectivity index (χ0n) is 9.51. The molecule has 0 saturated carbocycles. The normalized spacial score (nSPS) is 9.89. The van der Waals surface area contributed by atoms with E-state index in [2.05, 4.69) is 15.6 Å². The van der Waals surface area contributed by atoms with Crippen molar-refractivity contribution in [3.63, 3.8) is 0 Å². The fourth-order valence-electron chi connectivity index (χ4n) is 1.19. The van der Waals surface area contributed by atoms with E-state index in [1.807, 2.05) is 5.32 Å². The van der Waals surface area contributed by atoms with Crippen molar-refractivity contribution in [2.75, 3.05) is 7.05 Å². The van der Waals surface area contributed by atoms with Crippen LogP contribution in [-0.4, -0.2) is 45.1 Å². The summed E-state index contributed by atoms with van der Waals surface area (Å²) in [5.74, 6) is -1.95. The van der Waals surface area contributed by atoms with Crippen LogP contribution in [0.3, 0.4) is 0 Å². The van der Waals surface area contributed by atoms with E-state index in [-0.39, 0.29) is 24.5 Å². The number of urea groups is 1. The number of hydrogen-bond donors (Lipinski definition) is 4. The van der Waals surface area contributed by atoms with Crippen LogP contribution in [0.1, 0.15) is 16.2 Å². The van der Waals surface area contributed by atoms with Gasteiger partial charge in [-0.1, -0.05) is 5.21 Å². The lowest BCUT2D eigenvalue weighted by atomic mass is 10.3. The number of aromatic carboxylic acids is 1. The average Bonchev–Trinajstić information content (AvgIpc) is 2.71. The van der Waals surface area contributed by atoms with Gasteiger partial charge in [-0.15, -0.1) is 5.10 Å². The van der Waals surface area contributed by atoms with Gasteiger partial charge in [-0.2, -0.15) is 0 Å². The molecule has 0 aromatic carbocycles. The molecule has 0 aliphatic heterocycles. The van der Waals surface area contributed by atoms with Crippen LogP contribution in [0.25, 0.3) is 0 Å². The van der Waals surface area contributed by atoms with Crippen molar-refractivity contribution in [3.05, 3.63) is 11.4 Å². The fraction of sp³-hybridized carbons (Fsp3) is 0.375. The molecule has 3 amide bonds. The molecule has 0 bridgehead atoms. The summed E-state index contributed by atoms with van der Waals surface area (Å²) in [6, 6.07) is -0.673. The third-order valence-electron chi connectivity index (χ3n) is 2.01. The second-order valence-corrected chi connectivity index (χ2v) is 3.18. The first-order valence-electron chi connectivity index (χ1n) is 4.86. The van der Waals surface area contributed by atoms with E-state index in [0.29, 0.717) is 0 Å². The lowest BCUT2D eigenvalue weighted by Gasteiger charge is -2.05. The lowest BCUT2D eigenvalue weighted by Crippen LogP contribution is -2.39. The summed E-state index contributed by atoms with van der Waals surface area (Å²) < 4.78 is 1.03. The third-order valence-corrected chi connectivity index (χ3v) is 2.01. The number of nitrogens with zero attached hydrogens (tertiary/aromatic N) is 3. The molecule has 0 unspecified atom stereocenters. The van der Waals surface area contributed by atoms with E-state index >= 15 is 0 Å². The minimum atomic E-state index is -1.28. The van der Waals surface area contributed by atoms with Gasteiger partial charge in [0, 0.05) is 13.6 Å². The van der Waals surface area contributed by atoms with Gasteiger partial charge >= 0.3 is 12.0 Å². The molecule has 10 heteroatoms. The minimum absolute atomic E-state index is 0.106. The SMILES string of the molecule is CNC(=O)NC(=O)Cn1nnc(C(=O)O)c1CN. The highest BCUT2D eigenvalue weighted by Crippen LogP contribution is 2.04. The van der Waals surface area contributed by atoms with E-state index in [9.17, 15) is 14.4 Å². The van der Waals surface area contributed by atoms with Crippen LogP contribution in [0.4, 0.5) is 4.79 Å². The zero-order chi connectivity index (χ0) is 13.7. The van der Waals surface area contributed by atoms with Crippen LogP contribution in [-0.2, 0) is 17.9 Å². The van der Waals surface area contributed by atoms with Crippen molar-refractivity contribution < 1.29 is 19.5 Å². The zero-order valence-corrected chi connectivity index (χ0v) is 9.51. The number of aromatic nitrogens is 3. The van der Waals surface area contributed by atoms with Crippen molar-refractivity contribution >= 4 is 17.9 Å². The summed E-state index contributed by atoms with van der Waals surface area (Å²) in [6.45, 7) is -0.484. The lowest BCUT2D eigenvalue weighted by molar-refractivity contribution is -0.120. The maximum atomic E-state index is 11.4. The maximum Gasteiger partial charge on any atom is 0.358 e. The Bertz CT molecular complexity index is 482. The molecular weight excluding hydrogens is 244 g/mol. The molecular formula is C8H12N6O4. The topological polar surface area (TPSA) is 152 Å². The van der Waals surface area contributed by atoms with Crippen LogP contribution in [0.2, 0.25) is 0 Å². The molecule has 18 heavy (non-hydrogen) atoms. The Morgan fingerprint density at radius 3 is 2.61 bits per heavy atom. The van der Waals surface area contributed by atoms with Gasteiger partial charge < -0.3 is 16.2 Å². The molecule has 98 valence electrons. The first-order chi connectivity index (χ1) is 8.49. The fourth-order valence-corrected chi connectivity index (χ4v) is 1.19. The van der Waals surface area contributed by atoms with E-state index in [0.717, 1.165) is 4.68 Å². The number of carboxylic acids is 1. The van der Waals surface area contributed by atoms with Gasteiger partial charge in [0.1, 0.15) is 6.54 Å². The van der Waals surface area contributed by atoms with E-state index in [1.165, 1.54) is 7.05 Å². The van der Waals surface area contributed by atoms with Gasteiger partial charge in [0.25, 0.3) is 0 Å².